The number of amides is 1. The average molecular weight is 317 g/mol. The molecule has 1 aliphatic rings. The zero-order valence-electron chi connectivity index (χ0n) is 13.0. The molecule has 2 heterocycles. The highest BCUT2D eigenvalue weighted by molar-refractivity contribution is 5.97. The zero-order chi connectivity index (χ0) is 16.4. The quantitative estimate of drug-likeness (QED) is 0.810. The lowest BCUT2D eigenvalue weighted by Crippen LogP contribution is -2.50. The van der Waals surface area contributed by atoms with Gasteiger partial charge in [-0.2, -0.15) is 0 Å². The van der Waals surface area contributed by atoms with Gasteiger partial charge in [-0.25, -0.2) is 4.39 Å². The topological polar surface area (TPSA) is 74.0 Å². The van der Waals surface area contributed by atoms with Crippen LogP contribution < -0.4 is 16.2 Å². The van der Waals surface area contributed by atoms with Gasteiger partial charge in [0.2, 0.25) is 0 Å². The van der Waals surface area contributed by atoms with E-state index in [0.29, 0.717) is 10.9 Å². The van der Waals surface area contributed by atoms with Crippen molar-refractivity contribution in [2.24, 2.45) is 0 Å². The standard InChI is InChI=1S/C17H20FN3O2/c1-10(14-4-2-3-7-19-14)20-16(22)13-9-11-8-12(18)5-6-15(11)21-17(13)23/h5-6,8-10,14,19H,2-4,7H2,1H3,(H,20,22)(H,21,23). The van der Waals surface area contributed by atoms with Gasteiger partial charge in [-0.15, -0.1) is 0 Å². The molecule has 0 spiro atoms. The predicted octanol–water partition coefficient (Wildman–Crippen LogP) is 1.93. The molecule has 1 aliphatic heterocycles. The summed E-state index contributed by atoms with van der Waals surface area (Å²) >= 11 is 0. The highest BCUT2D eigenvalue weighted by atomic mass is 19.1. The normalized spacial score (nSPS) is 19.5. The first kappa shape index (κ1) is 15.7. The Morgan fingerprint density at radius 1 is 1.35 bits per heavy atom. The molecule has 1 aromatic heterocycles. The molecule has 1 amide bonds. The zero-order valence-corrected chi connectivity index (χ0v) is 13.0. The molecule has 2 atom stereocenters. The number of pyridine rings is 1. The highest BCUT2D eigenvalue weighted by Gasteiger charge is 2.22. The second kappa shape index (κ2) is 6.50. The number of H-pyrrole nitrogens is 1. The van der Waals surface area contributed by atoms with Crippen LogP contribution in [0.25, 0.3) is 10.9 Å². The molecular formula is C17H20FN3O2. The Bertz CT molecular complexity index is 781. The van der Waals surface area contributed by atoms with E-state index >= 15 is 0 Å². The third-order valence-electron chi connectivity index (χ3n) is 4.36. The van der Waals surface area contributed by atoms with Gasteiger partial charge in [0.25, 0.3) is 11.5 Å². The number of benzene rings is 1. The third kappa shape index (κ3) is 3.42. The summed E-state index contributed by atoms with van der Waals surface area (Å²) in [5.41, 5.74) is 0.0473. The number of aromatic amines is 1. The van der Waals surface area contributed by atoms with Crippen molar-refractivity contribution in [1.29, 1.82) is 0 Å². The number of hydrogen-bond acceptors (Lipinski definition) is 3. The van der Waals surface area contributed by atoms with E-state index in [2.05, 4.69) is 15.6 Å². The fourth-order valence-electron chi connectivity index (χ4n) is 3.04. The first-order chi connectivity index (χ1) is 11.0. The molecule has 2 aromatic rings. The smallest absolute Gasteiger partial charge is 0.261 e. The maximum atomic E-state index is 13.3. The van der Waals surface area contributed by atoms with Crippen LogP contribution in [-0.4, -0.2) is 29.5 Å². The van der Waals surface area contributed by atoms with Gasteiger partial charge in [-0.3, -0.25) is 9.59 Å². The van der Waals surface area contributed by atoms with Crippen LogP contribution in [0.4, 0.5) is 4.39 Å². The van der Waals surface area contributed by atoms with Crippen molar-refractivity contribution >= 4 is 16.8 Å². The van der Waals surface area contributed by atoms with Crippen molar-refractivity contribution in [1.82, 2.24) is 15.6 Å². The molecule has 3 N–H and O–H groups in total. The minimum atomic E-state index is -0.467. The summed E-state index contributed by atoms with van der Waals surface area (Å²) in [4.78, 5) is 27.1. The number of piperidine rings is 1. The van der Waals surface area contributed by atoms with E-state index in [-0.39, 0.29) is 17.6 Å². The molecule has 1 fully saturated rings. The Kier molecular flexibility index (Phi) is 4.43. The van der Waals surface area contributed by atoms with Gasteiger partial charge in [0.1, 0.15) is 11.4 Å². The number of aromatic nitrogens is 1. The summed E-state index contributed by atoms with van der Waals surface area (Å²) in [7, 11) is 0. The predicted molar refractivity (Wildman–Crippen MR) is 87.1 cm³/mol. The summed E-state index contributed by atoms with van der Waals surface area (Å²) < 4.78 is 13.3. The molecule has 6 heteroatoms. The molecule has 1 saturated heterocycles. The molecule has 1 aromatic carbocycles. The van der Waals surface area contributed by atoms with Crippen LogP contribution in [0.5, 0.6) is 0 Å². The fourth-order valence-corrected chi connectivity index (χ4v) is 3.04. The van der Waals surface area contributed by atoms with Crippen LogP contribution in [0, 0.1) is 5.82 Å². The maximum Gasteiger partial charge on any atom is 0.261 e. The molecule has 23 heavy (non-hydrogen) atoms. The largest absolute Gasteiger partial charge is 0.348 e. The number of halogens is 1. The Labute approximate surface area is 133 Å². The van der Waals surface area contributed by atoms with Gasteiger partial charge in [0.15, 0.2) is 0 Å². The second-order valence-corrected chi connectivity index (χ2v) is 6.06. The van der Waals surface area contributed by atoms with Crippen molar-refractivity contribution < 1.29 is 9.18 Å². The van der Waals surface area contributed by atoms with Crippen molar-refractivity contribution in [3.05, 3.63) is 46.0 Å². The summed E-state index contributed by atoms with van der Waals surface area (Å²) in [6.45, 7) is 2.87. The third-order valence-corrected chi connectivity index (χ3v) is 4.36. The number of carbonyl (C=O) groups excluding carboxylic acids is 1. The van der Waals surface area contributed by atoms with Crippen LogP contribution in [-0.2, 0) is 0 Å². The Hall–Kier alpha value is -2.21. The number of nitrogens with one attached hydrogen (secondary N) is 3. The summed E-state index contributed by atoms with van der Waals surface area (Å²) in [6.07, 6.45) is 3.28. The van der Waals surface area contributed by atoms with E-state index in [1.807, 2.05) is 6.92 Å². The lowest BCUT2D eigenvalue weighted by Gasteiger charge is -2.29. The second-order valence-electron chi connectivity index (χ2n) is 6.06. The van der Waals surface area contributed by atoms with E-state index in [9.17, 15) is 14.0 Å². The van der Waals surface area contributed by atoms with Gasteiger partial charge in [0.05, 0.1) is 0 Å². The van der Waals surface area contributed by atoms with Gasteiger partial charge < -0.3 is 15.6 Å². The van der Waals surface area contributed by atoms with Crippen molar-refractivity contribution in [2.45, 2.75) is 38.3 Å². The van der Waals surface area contributed by atoms with Crippen LogP contribution in [0.15, 0.2) is 29.1 Å². The number of rotatable bonds is 3. The fraction of sp³-hybridized carbons (Fsp3) is 0.412. The van der Waals surface area contributed by atoms with E-state index in [0.717, 1.165) is 25.8 Å². The molecule has 2 unspecified atom stereocenters. The summed E-state index contributed by atoms with van der Waals surface area (Å²) in [5.74, 6) is -0.840. The molecule has 0 saturated carbocycles. The van der Waals surface area contributed by atoms with Crippen molar-refractivity contribution in [3.8, 4) is 0 Å². The number of carbonyl (C=O) groups is 1. The van der Waals surface area contributed by atoms with E-state index < -0.39 is 17.3 Å². The monoisotopic (exact) mass is 317 g/mol. The maximum absolute atomic E-state index is 13.3. The summed E-state index contributed by atoms with van der Waals surface area (Å²) in [6, 6.07) is 5.63. The first-order valence-corrected chi connectivity index (χ1v) is 7.91. The average Bonchev–Trinajstić information content (AvgIpc) is 2.55. The van der Waals surface area contributed by atoms with Gasteiger partial charge >= 0.3 is 0 Å². The Balaban J connectivity index is 1.82. The summed E-state index contributed by atoms with van der Waals surface area (Å²) in [5, 5.41) is 6.75. The molecule has 0 aliphatic carbocycles. The molecule has 5 nitrogen and oxygen atoms in total. The van der Waals surface area contributed by atoms with Gasteiger partial charge in [-0.05, 0) is 50.6 Å². The Morgan fingerprint density at radius 3 is 2.91 bits per heavy atom. The van der Waals surface area contributed by atoms with Crippen molar-refractivity contribution in [2.75, 3.05) is 6.54 Å². The van der Waals surface area contributed by atoms with E-state index in [4.69, 9.17) is 0 Å². The van der Waals surface area contributed by atoms with Crippen LogP contribution in [0.2, 0.25) is 0 Å². The van der Waals surface area contributed by atoms with Crippen LogP contribution >= 0.6 is 0 Å². The van der Waals surface area contributed by atoms with Crippen LogP contribution in [0.1, 0.15) is 36.5 Å². The Morgan fingerprint density at radius 2 is 2.17 bits per heavy atom. The molecule has 0 radical (unpaired) electrons. The first-order valence-electron chi connectivity index (χ1n) is 7.91. The lowest BCUT2D eigenvalue weighted by molar-refractivity contribution is 0.0926. The van der Waals surface area contributed by atoms with Crippen molar-refractivity contribution in [3.63, 3.8) is 0 Å². The number of fused-ring (bicyclic) bond motifs is 1. The molecular weight excluding hydrogens is 297 g/mol. The lowest BCUT2D eigenvalue weighted by atomic mass is 9.99. The van der Waals surface area contributed by atoms with E-state index in [1.54, 1.807) is 0 Å². The van der Waals surface area contributed by atoms with E-state index in [1.165, 1.54) is 24.3 Å². The van der Waals surface area contributed by atoms with Gasteiger partial charge in [-0.1, -0.05) is 6.42 Å². The molecule has 0 bridgehead atoms. The van der Waals surface area contributed by atoms with Crippen LogP contribution in [0.3, 0.4) is 0 Å². The minimum Gasteiger partial charge on any atom is -0.348 e. The number of hydrogen-bond donors (Lipinski definition) is 3. The van der Waals surface area contributed by atoms with Gasteiger partial charge in [0, 0.05) is 23.0 Å². The SMILES string of the molecule is CC(NC(=O)c1cc2cc(F)ccc2[nH]c1=O)C1CCCCN1. The molecule has 3 rings (SSSR count). The molecule has 122 valence electrons. The highest BCUT2D eigenvalue weighted by Crippen LogP contribution is 2.14. The minimum absolute atomic E-state index is 0.00533.